The number of carboxylic acid groups (broad SMARTS) is 4. The fourth-order valence-corrected chi connectivity index (χ4v) is 5.17. The van der Waals surface area contributed by atoms with Crippen LogP contribution in [-0.2, 0) is 0 Å². The van der Waals surface area contributed by atoms with E-state index in [1.54, 1.807) is 0 Å². The third-order valence-electron chi connectivity index (χ3n) is 7.03. The number of hydrogen-bond donors (Lipinski definition) is 7. The molecular weight excluding hydrogens is 584 g/mol. The molecule has 8 N–H and O–H groups in total. The minimum absolute atomic E-state index is 0.00303. The van der Waals surface area contributed by atoms with Crippen molar-refractivity contribution in [1.29, 1.82) is 0 Å². The van der Waals surface area contributed by atoms with Crippen molar-refractivity contribution in [2.24, 2.45) is 0 Å². The Hall–Kier alpha value is -6.84. The number of nitrogen functional groups attached to an aromatic ring is 1. The fraction of sp³-hybridized carbons (Fsp3) is 0. The summed E-state index contributed by atoms with van der Waals surface area (Å²) in [5, 5.41) is 39.7. The first kappa shape index (κ1) is 26.1. The average molecular weight is 598 g/mol. The van der Waals surface area contributed by atoms with Gasteiger partial charge in [0.25, 0.3) is 0 Å². The second kappa shape index (κ2) is 8.83. The Kier molecular flexibility index (Phi) is 5.23. The van der Waals surface area contributed by atoms with Crippen LogP contribution in [0.4, 0.5) is 5.69 Å². The number of carbonyl (C=O) groups is 4. The molecule has 0 spiro atoms. The average Bonchev–Trinajstić information content (AvgIpc) is 2.95. The number of para-hydroxylation sites is 1. The van der Waals surface area contributed by atoms with Gasteiger partial charge in [-0.1, -0.05) is 6.07 Å². The molecule has 16 nitrogen and oxygen atoms in total. The van der Waals surface area contributed by atoms with E-state index in [0.29, 0.717) is 0 Å². The van der Waals surface area contributed by atoms with Crippen LogP contribution in [0.25, 0.3) is 67.0 Å². The number of nitrogens with zero attached hydrogens (tertiary/aromatic N) is 1. The van der Waals surface area contributed by atoms with Crippen molar-refractivity contribution in [3.05, 3.63) is 68.9 Å². The zero-order valence-electron chi connectivity index (χ0n) is 21.5. The summed E-state index contributed by atoms with van der Waals surface area (Å²) in [5.74, 6) is -6.26. The summed E-state index contributed by atoms with van der Waals surface area (Å²) < 4.78 is 17.5. The summed E-state index contributed by atoms with van der Waals surface area (Å²) >= 11 is 0. The summed E-state index contributed by atoms with van der Waals surface area (Å²) in [6.07, 6.45) is 0. The molecule has 2 aliphatic rings. The summed E-state index contributed by atoms with van der Waals surface area (Å²) in [7, 11) is 0. The molecule has 2 aromatic heterocycles. The molecule has 44 heavy (non-hydrogen) atoms. The monoisotopic (exact) mass is 598 g/mol. The third-order valence-corrected chi connectivity index (χ3v) is 7.03. The van der Waals surface area contributed by atoms with Crippen molar-refractivity contribution in [2.45, 2.75) is 0 Å². The lowest BCUT2D eigenvalue weighted by Crippen LogP contribution is -2.17. The van der Waals surface area contributed by atoms with Gasteiger partial charge in [-0.2, -0.15) is 0 Å². The number of H-pyrrole nitrogens is 2. The second-order valence-electron chi connectivity index (χ2n) is 9.55. The van der Waals surface area contributed by atoms with Gasteiger partial charge in [-0.05, 0) is 12.1 Å². The van der Waals surface area contributed by atoms with Gasteiger partial charge in [0, 0.05) is 18.2 Å². The van der Waals surface area contributed by atoms with E-state index >= 15 is 0 Å². The van der Waals surface area contributed by atoms with Crippen molar-refractivity contribution < 1.29 is 52.9 Å². The Bertz CT molecular complexity index is 2560. The number of anilines is 1. The van der Waals surface area contributed by atoms with Crippen LogP contribution in [0.3, 0.4) is 0 Å². The van der Waals surface area contributed by atoms with E-state index in [2.05, 4.69) is 15.0 Å². The molecule has 0 amide bonds. The number of aromatic nitrogens is 3. The van der Waals surface area contributed by atoms with Crippen molar-refractivity contribution in [3.63, 3.8) is 0 Å². The number of hydrogen-bond acceptors (Lipinski definition) is 10. The molecule has 0 fully saturated rings. The molecule has 0 bridgehead atoms. The van der Waals surface area contributed by atoms with Crippen LogP contribution in [0.15, 0.2) is 54.4 Å². The molecular formula is C28H14N4O12. The number of benzene rings is 4. The molecule has 7 rings (SSSR count). The molecule has 16 heteroatoms. The van der Waals surface area contributed by atoms with Crippen molar-refractivity contribution in [2.75, 3.05) is 5.73 Å². The van der Waals surface area contributed by atoms with Crippen molar-refractivity contribution in [3.8, 4) is 11.5 Å². The Labute approximate surface area is 239 Å². The van der Waals surface area contributed by atoms with Crippen LogP contribution in [0.5, 0.6) is 0 Å². The molecule has 0 atom stereocenters. The van der Waals surface area contributed by atoms with Gasteiger partial charge in [0.05, 0.1) is 33.3 Å². The number of aromatic amines is 2. The molecule has 0 radical (unpaired) electrons. The van der Waals surface area contributed by atoms with Crippen LogP contribution >= 0.6 is 0 Å². The van der Waals surface area contributed by atoms with E-state index in [1.807, 2.05) is 0 Å². The molecule has 0 saturated carbocycles. The highest BCUT2D eigenvalue weighted by Gasteiger charge is 2.28. The first-order chi connectivity index (χ1) is 20.9. The van der Waals surface area contributed by atoms with Gasteiger partial charge in [-0.25, -0.2) is 24.2 Å². The van der Waals surface area contributed by atoms with E-state index in [0.717, 1.165) is 6.07 Å². The van der Waals surface area contributed by atoms with Crippen LogP contribution in [0.1, 0.15) is 41.4 Å². The number of aromatic carboxylic acids is 4. The molecule has 0 unspecified atom stereocenters. The van der Waals surface area contributed by atoms with Gasteiger partial charge < -0.3 is 49.4 Å². The largest absolute Gasteiger partial charge is 0.478 e. The van der Waals surface area contributed by atoms with Gasteiger partial charge in [0.15, 0.2) is 33.7 Å². The molecule has 3 aromatic carbocycles. The van der Waals surface area contributed by atoms with E-state index in [9.17, 15) is 44.4 Å². The lowest BCUT2D eigenvalue weighted by atomic mass is 10.0. The van der Waals surface area contributed by atoms with Crippen LogP contribution < -0.4 is 11.2 Å². The van der Waals surface area contributed by atoms with Crippen molar-refractivity contribution >= 4 is 85.1 Å². The molecule has 3 heterocycles. The zero-order chi connectivity index (χ0) is 31.2. The van der Waals surface area contributed by atoms with E-state index in [1.165, 1.54) is 30.3 Å². The minimum Gasteiger partial charge on any atom is -0.478 e. The predicted octanol–water partition coefficient (Wildman–Crippen LogP) is 4.25. The normalized spacial score (nSPS) is 11.6. The molecule has 5 aromatic rings. The number of rotatable bonds is 4. The van der Waals surface area contributed by atoms with E-state index in [4.69, 9.17) is 19.0 Å². The summed E-state index contributed by atoms with van der Waals surface area (Å²) in [4.78, 5) is 70.9. The maximum absolute atomic E-state index is 12.6. The van der Waals surface area contributed by atoms with Crippen LogP contribution in [0, 0.1) is 0 Å². The molecule has 1 aliphatic carbocycles. The highest BCUT2D eigenvalue weighted by molar-refractivity contribution is 6.16. The quantitative estimate of drug-likeness (QED) is 0.110. The lowest BCUT2D eigenvalue weighted by molar-refractivity contribution is 0.0687. The number of nitrogens with one attached hydrogen (secondary N) is 2. The number of nitrogens with two attached hydrogens (primary N) is 1. The topological polar surface area (TPSA) is 276 Å². The van der Waals surface area contributed by atoms with Gasteiger partial charge in [-0.15, -0.1) is 0 Å². The number of carboxylic acids is 4. The maximum atomic E-state index is 12.6. The number of fused-ring (bicyclic) bond motifs is 6. The first-order valence-corrected chi connectivity index (χ1v) is 12.4. The summed E-state index contributed by atoms with van der Waals surface area (Å²) in [6, 6.07) is 7.69. The SMILES string of the molecule is Nc1c(C(=O)O)c2nc3c(C(=O)O)c4[nH]c5c(C(=O)O)c6[nH]c7c(C(=O)O)cccc7oc6cc5oc4cc3oc-2cc1=O. The fourth-order valence-electron chi connectivity index (χ4n) is 5.17. The Morgan fingerprint density at radius 3 is 1.84 bits per heavy atom. The second-order valence-corrected chi connectivity index (χ2v) is 9.55. The summed E-state index contributed by atoms with van der Waals surface area (Å²) in [6.45, 7) is 0. The highest BCUT2D eigenvalue weighted by Crippen LogP contribution is 2.37. The Morgan fingerprint density at radius 2 is 1.23 bits per heavy atom. The van der Waals surface area contributed by atoms with Crippen LogP contribution in [0.2, 0.25) is 0 Å². The lowest BCUT2D eigenvalue weighted by Gasteiger charge is -2.14. The highest BCUT2D eigenvalue weighted by atomic mass is 16.4. The minimum atomic E-state index is -1.60. The van der Waals surface area contributed by atoms with Crippen molar-refractivity contribution in [1.82, 2.24) is 15.0 Å². The van der Waals surface area contributed by atoms with Gasteiger partial charge in [0.1, 0.15) is 27.9 Å². The first-order valence-electron chi connectivity index (χ1n) is 12.4. The standard InChI is InChI=1S/C28H14N4O12/c29-18-8(33)4-10-20(15(18)26(36)37)31-22-12(43-10)6-14-24(17(22)28(40)41)32-23-13(44-14)5-11-21(16(23)27(38)39)30-19-7(25(34)35)2-1-3-9(19)42-11/h1-6,30,32H,29H2,(H,34,35)(H,36,37)(H,38,39)(H,40,41). The molecule has 1 aliphatic heterocycles. The van der Waals surface area contributed by atoms with Gasteiger partial charge in [0.2, 0.25) is 5.43 Å². The smallest absolute Gasteiger partial charge is 0.340 e. The Morgan fingerprint density at radius 1 is 0.659 bits per heavy atom. The van der Waals surface area contributed by atoms with Crippen LogP contribution in [-0.4, -0.2) is 59.3 Å². The Balaban J connectivity index is 1.66. The molecule has 218 valence electrons. The van der Waals surface area contributed by atoms with Gasteiger partial charge >= 0.3 is 23.9 Å². The predicted molar refractivity (Wildman–Crippen MR) is 150 cm³/mol. The third kappa shape index (κ3) is 3.57. The van der Waals surface area contributed by atoms with E-state index < -0.39 is 57.4 Å². The molecule has 0 saturated heterocycles. The van der Waals surface area contributed by atoms with Gasteiger partial charge in [-0.3, -0.25) is 4.79 Å². The maximum Gasteiger partial charge on any atom is 0.340 e. The summed E-state index contributed by atoms with van der Waals surface area (Å²) in [5.41, 5.74) is 0.567. The van der Waals surface area contributed by atoms with E-state index in [-0.39, 0.29) is 66.8 Å². The zero-order valence-corrected chi connectivity index (χ0v) is 21.5.